The highest BCUT2D eigenvalue weighted by Gasteiger charge is 2.23. The highest BCUT2D eigenvalue weighted by molar-refractivity contribution is 4.82. The van der Waals surface area contributed by atoms with Crippen molar-refractivity contribution >= 4 is 0 Å². The topological polar surface area (TPSA) is 15.3 Å². The van der Waals surface area contributed by atoms with Crippen LogP contribution >= 0.6 is 0 Å². The van der Waals surface area contributed by atoms with Gasteiger partial charge < -0.3 is 5.32 Å². The van der Waals surface area contributed by atoms with Gasteiger partial charge in [0.25, 0.3) is 0 Å². The Morgan fingerprint density at radius 2 is 2.06 bits per heavy atom. The van der Waals surface area contributed by atoms with Gasteiger partial charge in [-0.3, -0.25) is 4.90 Å². The van der Waals surface area contributed by atoms with Gasteiger partial charge in [-0.25, -0.2) is 0 Å². The number of piperazine rings is 1. The van der Waals surface area contributed by atoms with Crippen LogP contribution in [-0.4, -0.2) is 36.6 Å². The van der Waals surface area contributed by atoms with E-state index in [1.54, 1.807) is 0 Å². The number of nitrogens with one attached hydrogen (secondary N) is 1. The molecule has 1 heterocycles. The maximum absolute atomic E-state index is 3.55. The average Bonchev–Trinajstić information content (AvgIpc) is 2.28. The van der Waals surface area contributed by atoms with E-state index in [1.165, 1.54) is 38.8 Å². The van der Waals surface area contributed by atoms with Crippen LogP contribution in [0.3, 0.4) is 0 Å². The Morgan fingerprint density at radius 1 is 1.31 bits per heavy atom. The molecule has 2 nitrogen and oxygen atoms in total. The predicted octanol–water partition coefficient (Wildman–Crippen LogP) is 2.89. The summed E-state index contributed by atoms with van der Waals surface area (Å²) in [6.07, 6.45) is 5.49. The van der Waals surface area contributed by atoms with Crippen LogP contribution in [0.2, 0.25) is 0 Å². The van der Waals surface area contributed by atoms with Crippen molar-refractivity contribution in [1.29, 1.82) is 0 Å². The molecule has 0 aromatic heterocycles. The van der Waals surface area contributed by atoms with Crippen LogP contribution < -0.4 is 5.32 Å². The van der Waals surface area contributed by atoms with Crippen LogP contribution in [-0.2, 0) is 0 Å². The van der Waals surface area contributed by atoms with Crippen LogP contribution in [0.5, 0.6) is 0 Å². The Hall–Kier alpha value is -0.0800. The van der Waals surface area contributed by atoms with Crippen molar-refractivity contribution in [3.8, 4) is 0 Å². The first-order valence-electron chi connectivity index (χ1n) is 7.14. The maximum atomic E-state index is 3.55. The number of hydrogen-bond acceptors (Lipinski definition) is 2. The van der Waals surface area contributed by atoms with E-state index in [1.807, 2.05) is 0 Å². The van der Waals surface area contributed by atoms with Gasteiger partial charge in [-0.1, -0.05) is 33.1 Å². The standard InChI is InChI=1S/C14H30N2/c1-5-7-8-14(6-2)11-16-10-12(3)15-9-13(16)4/h12-15H,5-11H2,1-4H3. The fourth-order valence-corrected chi connectivity index (χ4v) is 2.60. The molecule has 1 aliphatic rings. The summed E-state index contributed by atoms with van der Waals surface area (Å²) in [6.45, 7) is 13.0. The van der Waals surface area contributed by atoms with Crippen LogP contribution in [0.15, 0.2) is 0 Å². The fourth-order valence-electron chi connectivity index (χ4n) is 2.60. The molecule has 0 saturated carbocycles. The zero-order valence-electron chi connectivity index (χ0n) is 11.6. The first kappa shape index (κ1) is 14.0. The minimum atomic E-state index is 0.667. The summed E-state index contributed by atoms with van der Waals surface area (Å²) in [4.78, 5) is 2.69. The lowest BCUT2D eigenvalue weighted by Crippen LogP contribution is -2.55. The van der Waals surface area contributed by atoms with Gasteiger partial charge in [0, 0.05) is 31.7 Å². The highest BCUT2D eigenvalue weighted by Crippen LogP contribution is 2.17. The third-order valence-corrected chi connectivity index (χ3v) is 3.93. The van der Waals surface area contributed by atoms with E-state index in [2.05, 4.69) is 37.9 Å². The molecule has 1 fully saturated rings. The molecule has 96 valence electrons. The van der Waals surface area contributed by atoms with Crippen molar-refractivity contribution in [2.75, 3.05) is 19.6 Å². The molecule has 0 aliphatic carbocycles. The van der Waals surface area contributed by atoms with E-state index < -0.39 is 0 Å². The van der Waals surface area contributed by atoms with E-state index >= 15 is 0 Å². The molecule has 0 spiro atoms. The number of unbranched alkanes of at least 4 members (excludes halogenated alkanes) is 1. The number of hydrogen-bond donors (Lipinski definition) is 1. The van der Waals surface area contributed by atoms with Gasteiger partial charge >= 0.3 is 0 Å². The molecule has 2 heteroatoms. The summed E-state index contributed by atoms with van der Waals surface area (Å²) in [5.41, 5.74) is 0. The van der Waals surface area contributed by atoms with E-state index in [9.17, 15) is 0 Å². The molecule has 1 N–H and O–H groups in total. The molecule has 3 atom stereocenters. The van der Waals surface area contributed by atoms with E-state index in [0.29, 0.717) is 12.1 Å². The molecule has 16 heavy (non-hydrogen) atoms. The van der Waals surface area contributed by atoms with Crippen molar-refractivity contribution in [2.24, 2.45) is 5.92 Å². The highest BCUT2D eigenvalue weighted by atomic mass is 15.2. The Bertz CT molecular complexity index is 182. The summed E-state index contributed by atoms with van der Waals surface area (Å²) in [5.74, 6) is 0.910. The molecule has 0 amide bonds. The number of rotatable bonds is 6. The average molecular weight is 226 g/mol. The molecule has 0 radical (unpaired) electrons. The van der Waals surface area contributed by atoms with Crippen molar-refractivity contribution in [2.45, 2.75) is 65.5 Å². The Morgan fingerprint density at radius 3 is 2.69 bits per heavy atom. The van der Waals surface area contributed by atoms with Gasteiger partial charge in [0.1, 0.15) is 0 Å². The maximum Gasteiger partial charge on any atom is 0.0193 e. The third kappa shape index (κ3) is 4.42. The molecule has 1 rings (SSSR count). The molecule has 3 unspecified atom stereocenters. The van der Waals surface area contributed by atoms with Crippen molar-refractivity contribution in [3.05, 3.63) is 0 Å². The van der Waals surface area contributed by atoms with Gasteiger partial charge in [-0.2, -0.15) is 0 Å². The summed E-state index contributed by atoms with van der Waals surface area (Å²) in [7, 11) is 0. The monoisotopic (exact) mass is 226 g/mol. The van der Waals surface area contributed by atoms with Gasteiger partial charge in [-0.15, -0.1) is 0 Å². The summed E-state index contributed by atoms with van der Waals surface area (Å²) < 4.78 is 0. The second-order valence-electron chi connectivity index (χ2n) is 5.53. The smallest absolute Gasteiger partial charge is 0.0193 e. The molecular weight excluding hydrogens is 196 g/mol. The van der Waals surface area contributed by atoms with Crippen LogP contribution in [0.25, 0.3) is 0 Å². The third-order valence-electron chi connectivity index (χ3n) is 3.93. The summed E-state index contributed by atoms with van der Waals surface area (Å²) in [6, 6.07) is 1.38. The summed E-state index contributed by atoms with van der Waals surface area (Å²) >= 11 is 0. The Balaban J connectivity index is 2.36. The van der Waals surface area contributed by atoms with Gasteiger partial charge in [-0.05, 0) is 26.2 Å². The molecule has 0 bridgehead atoms. The molecule has 1 aliphatic heterocycles. The van der Waals surface area contributed by atoms with Crippen molar-refractivity contribution < 1.29 is 0 Å². The van der Waals surface area contributed by atoms with E-state index in [-0.39, 0.29) is 0 Å². The van der Waals surface area contributed by atoms with Gasteiger partial charge in [0.05, 0.1) is 0 Å². The van der Waals surface area contributed by atoms with Crippen molar-refractivity contribution in [3.63, 3.8) is 0 Å². The van der Waals surface area contributed by atoms with E-state index in [4.69, 9.17) is 0 Å². The van der Waals surface area contributed by atoms with Gasteiger partial charge in [0.15, 0.2) is 0 Å². The lowest BCUT2D eigenvalue weighted by Gasteiger charge is -2.39. The second kappa shape index (κ2) is 7.29. The SMILES string of the molecule is CCCCC(CC)CN1CC(C)NCC1C. The van der Waals surface area contributed by atoms with Crippen LogP contribution in [0.1, 0.15) is 53.4 Å². The lowest BCUT2D eigenvalue weighted by molar-refractivity contribution is 0.120. The lowest BCUT2D eigenvalue weighted by atomic mass is 9.97. The quantitative estimate of drug-likeness (QED) is 0.749. The molecular formula is C14H30N2. The normalized spacial score (nSPS) is 29.2. The van der Waals surface area contributed by atoms with Crippen LogP contribution in [0, 0.1) is 5.92 Å². The first-order chi connectivity index (χ1) is 7.67. The molecule has 0 aromatic rings. The largest absolute Gasteiger partial charge is 0.311 e. The Kier molecular flexibility index (Phi) is 6.37. The Labute approximate surface area is 102 Å². The molecule has 0 aromatic carbocycles. The van der Waals surface area contributed by atoms with E-state index in [0.717, 1.165) is 12.5 Å². The molecule has 1 saturated heterocycles. The minimum absolute atomic E-state index is 0.667. The zero-order chi connectivity index (χ0) is 12.0. The zero-order valence-corrected chi connectivity index (χ0v) is 11.6. The fraction of sp³-hybridized carbons (Fsp3) is 1.00. The second-order valence-corrected chi connectivity index (χ2v) is 5.53. The summed E-state index contributed by atoms with van der Waals surface area (Å²) in [5, 5.41) is 3.55. The predicted molar refractivity (Wildman–Crippen MR) is 71.8 cm³/mol. The minimum Gasteiger partial charge on any atom is -0.311 e. The number of nitrogens with zero attached hydrogens (tertiary/aromatic N) is 1. The van der Waals surface area contributed by atoms with Gasteiger partial charge in [0.2, 0.25) is 0 Å². The van der Waals surface area contributed by atoms with Crippen molar-refractivity contribution in [1.82, 2.24) is 10.2 Å². The van der Waals surface area contributed by atoms with Crippen LogP contribution in [0.4, 0.5) is 0 Å². The first-order valence-corrected chi connectivity index (χ1v) is 7.14.